The van der Waals surface area contributed by atoms with Crippen molar-refractivity contribution in [2.24, 2.45) is 0 Å². The van der Waals surface area contributed by atoms with E-state index in [0.717, 1.165) is 31.9 Å². The predicted molar refractivity (Wildman–Crippen MR) is 68.5 cm³/mol. The average Bonchev–Trinajstić information content (AvgIpc) is 2.30. The van der Waals surface area contributed by atoms with Crippen LogP contribution < -0.4 is 10.2 Å². The van der Waals surface area contributed by atoms with Crippen molar-refractivity contribution in [3.05, 3.63) is 24.0 Å². The van der Waals surface area contributed by atoms with Crippen LogP contribution in [0.1, 0.15) is 5.56 Å². The molecule has 1 fully saturated rings. The molecule has 0 radical (unpaired) electrons. The molecule has 1 N–H and O–H groups in total. The van der Waals surface area contributed by atoms with E-state index in [1.807, 2.05) is 6.07 Å². The molecular formula is C10H14Cl2N4. The first-order valence-corrected chi connectivity index (χ1v) is 4.71. The van der Waals surface area contributed by atoms with Gasteiger partial charge in [0, 0.05) is 38.6 Å². The smallest absolute Gasteiger partial charge is 0.103 e. The van der Waals surface area contributed by atoms with Gasteiger partial charge in [-0.15, -0.1) is 24.8 Å². The van der Waals surface area contributed by atoms with Gasteiger partial charge in [-0.25, -0.2) is 0 Å². The zero-order valence-electron chi connectivity index (χ0n) is 8.72. The van der Waals surface area contributed by atoms with Gasteiger partial charge in [0.05, 0.1) is 11.3 Å². The Hall–Kier alpha value is -1.02. The van der Waals surface area contributed by atoms with Crippen LogP contribution in [-0.2, 0) is 0 Å². The number of rotatable bonds is 1. The minimum absolute atomic E-state index is 0. The lowest BCUT2D eigenvalue weighted by molar-refractivity contribution is 0.589. The molecule has 0 spiro atoms. The first-order chi connectivity index (χ1) is 6.92. The molecular weight excluding hydrogens is 247 g/mol. The normalized spacial score (nSPS) is 14.3. The molecule has 0 saturated carbocycles. The summed E-state index contributed by atoms with van der Waals surface area (Å²) < 4.78 is 0. The highest BCUT2D eigenvalue weighted by molar-refractivity contribution is 5.85. The van der Waals surface area contributed by atoms with Gasteiger partial charge in [0.1, 0.15) is 6.07 Å². The van der Waals surface area contributed by atoms with E-state index >= 15 is 0 Å². The topological polar surface area (TPSA) is 52.0 Å². The number of nitriles is 1. The van der Waals surface area contributed by atoms with Crippen LogP contribution in [0.25, 0.3) is 0 Å². The van der Waals surface area contributed by atoms with Crippen LogP contribution in [0.2, 0.25) is 0 Å². The summed E-state index contributed by atoms with van der Waals surface area (Å²) in [5.74, 6) is 0. The Morgan fingerprint density at radius 1 is 1.31 bits per heavy atom. The van der Waals surface area contributed by atoms with E-state index in [1.54, 1.807) is 12.4 Å². The van der Waals surface area contributed by atoms with Crippen molar-refractivity contribution in [2.75, 3.05) is 31.1 Å². The van der Waals surface area contributed by atoms with Crippen LogP contribution in [0, 0.1) is 11.3 Å². The molecule has 0 aliphatic carbocycles. The van der Waals surface area contributed by atoms with Crippen LogP contribution in [0.3, 0.4) is 0 Å². The van der Waals surface area contributed by atoms with Crippen molar-refractivity contribution < 1.29 is 0 Å². The second-order valence-electron chi connectivity index (χ2n) is 3.24. The van der Waals surface area contributed by atoms with Gasteiger partial charge in [0.15, 0.2) is 0 Å². The zero-order chi connectivity index (χ0) is 9.80. The third-order valence-corrected chi connectivity index (χ3v) is 2.38. The fourth-order valence-corrected chi connectivity index (χ4v) is 1.65. The standard InChI is InChI=1S/C10H12N4.2ClH/c11-7-9-8-13-2-1-10(9)14-5-3-12-4-6-14;;/h1-2,8,12H,3-6H2;2*1H. The monoisotopic (exact) mass is 260 g/mol. The number of hydrogen-bond acceptors (Lipinski definition) is 4. The Kier molecular flexibility index (Phi) is 6.82. The fourth-order valence-electron chi connectivity index (χ4n) is 1.65. The third kappa shape index (κ3) is 3.24. The number of nitrogens with one attached hydrogen (secondary N) is 1. The van der Waals surface area contributed by atoms with Gasteiger partial charge < -0.3 is 10.2 Å². The first kappa shape index (κ1) is 15.0. The van der Waals surface area contributed by atoms with E-state index in [4.69, 9.17) is 5.26 Å². The van der Waals surface area contributed by atoms with Crippen LogP contribution in [-0.4, -0.2) is 31.2 Å². The largest absolute Gasteiger partial charge is 0.368 e. The van der Waals surface area contributed by atoms with Crippen molar-refractivity contribution in [3.8, 4) is 6.07 Å². The molecule has 1 saturated heterocycles. The lowest BCUT2D eigenvalue weighted by Gasteiger charge is -2.29. The average molecular weight is 261 g/mol. The van der Waals surface area contributed by atoms with Gasteiger partial charge >= 0.3 is 0 Å². The summed E-state index contributed by atoms with van der Waals surface area (Å²) in [5.41, 5.74) is 1.67. The fraction of sp³-hybridized carbons (Fsp3) is 0.400. The van der Waals surface area contributed by atoms with Crippen molar-refractivity contribution in [2.45, 2.75) is 0 Å². The lowest BCUT2D eigenvalue weighted by atomic mass is 10.2. The van der Waals surface area contributed by atoms with E-state index in [9.17, 15) is 0 Å². The highest BCUT2D eigenvalue weighted by atomic mass is 35.5. The maximum Gasteiger partial charge on any atom is 0.103 e. The zero-order valence-corrected chi connectivity index (χ0v) is 10.4. The molecule has 2 heterocycles. The molecule has 6 heteroatoms. The lowest BCUT2D eigenvalue weighted by Crippen LogP contribution is -2.43. The number of aromatic nitrogens is 1. The van der Waals surface area contributed by atoms with Crippen molar-refractivity contribution in [3.63, 3.8) is 0 Å². The van der Waals surface area contributed by atoms with E-state index < -0.39 is 0 Å². The number of pyridine rings is 1. The SMILES string of the molecule is Cl.Cl.N#Cc1cnccc1N1CCNCC1. The van der Waals surface area contributed by atoms with Gasteiger partial charge in [-0.1, -0.05) is 0 Å². The minimum Gasteiger partial charge on any atom is -0.368 e. The second kappa shape index (κ2) is 7.29. The molecule has 1 aromatic rings. The second-order valence-corrected chi connectivity index (χ2v) is 3.24. The van der Waals surface area contributed by atoms with Crippen LogP contribution in [0.5, 0.6) is 0 Å². The number of halogens is 2. The van der Waals surface area contributed by atoms with E-state index in [2.05, 4.69) is 21.3 Å². The Balaban J connectivity index is 0.00000112. The highest BCUT2D eigenvalue weighted by Gasteiger charge is 2.13. The van der Waals surface area contributed by atoms with E-state index in [1.165, 1.54) is 0 Å². The summed E-state index contributed by atoms with van der Waals surface area (Å²) in [6.07, 6.45) is 3.36. The van der Waals surface area contributed by atoms with Gasteiger partial charge in [0.2, 0.25) is 0 Å². The first-order valence-electron chi connectivity index (χ1n) is 4.71. The minimum atomic E-state index is 0. The predicted octanol–water partition coefficient (Wildman–Crippen LogP) is 1.21. The molecule has 1 aliphatic heterocycles. The summed E-state index contributed by atoms with van der Waals surface area (Å²) in [7, 11) is 0. The number of nitrogens with zero attached hydrogens (tertiary/aromatic N) is 3. The number of piperazine rings is 1. The quantitative estimate of drug-likeness (QED) is 0.825. The molecule has 1 aliphatic rings. The van der Waals surface area contributed by atoms with Gasteiger partial charge in [0.25, 0.3) is 0 Å². The summed E-state index contributed by atoms with van der Waals surface area (Å²) >= 11 is 0. The maximum absolute atomic E-state index is 8.92. The van der Waals surface area contributed by atoms with E-state index in [0.29, 0.717) is 5.56 Å². The Morgan fingerprint density at radius 3 is 2.62 bits per heavy atom. The number of hydrogen-bond donors (Lipinski definition) is 1. The highest BCUT2D eigenvalue weighted by Crippen LogP contribution is 2.18. The summed E-state index contributed by atoms with van der Waals surface area (Å²) in [6, 6.07) is 4.07. The van der Waals surface area contributed by atoms with Gasteiger partial charge in [-0.3, -0.25) is 4.98 Å². The molecule has 0 unspecified atom stereocenters. The molecule has 0 bridgehead atoms. The van der Waals surface area contributed by atoms with Crippen molar-refractivity contribution in [1.29, 1.82) is 5.26 Å². The van der Waals surface area contributed by atoms with Crippen molar-refractivity contribution >= 4 is 30.5 Å². The Bertz CT molecular complexity index is 358. The molecule has 0 atom stereocenters. The van der Waals surface area contributed by atoms with Gasteiger partial charge in [-0.05, 0) is 6.07 Å². The Morgan fingerprint density at radius 2 is 2.00 bits per heavy atom. The van der Waals surface area contributed by atoms with Crippen LogP contribution >= 0.6 is 24.8 Å². The molecule has 16 heavy (non-hydrogen) atoms. The number of anilines is 1. The van der Waals surface area contributed by atoms with Crippen LogP contribution in [0.4, 0.5) is 5.69 Å². The van der Waals surface area contributed by atoms with Crippen molar-refractivity contribution in [1.82, 2.24) is 10.3 Å². The summed E-state index contributed by atoms with van der Waals surface area (Å²) in [5, 5.41) is 12.2. The molecule has 88 valence electrons. The Labute approximate surface area is 107 Å². The summed E-state index contributed by atoms with van der Waals surface area (Å²) in [6.45, 7) is 3.87. The molecule has 2 rings (SSSR count). The molecule has 4 nitrogen and oxygen atoms in total. The molecule has 1 aromatic heterocycles. The van der Waals surface area contributed by atoms with Gasteiger partial charge in [-0.2, -0.15) is 5.26 Å². The summed E-state index contributed by atoms with van der Waals surface area (Å²) in [4.78, 5) is 6.17. The molecule has 0 aromatic carbocycles. The van der Waals surface area contributed by atoms with E-state index in [-0.39, 0.29) is 24.8 Å². The van der Waals surface area contributed by atoms with Crippen LogP contribution in [0.15, 0.2) is 18.5 Å². The maximum atomic E-state index is 8.92. The third-order valence-electron chi connectivity index (χ3n) is 2.38. The molecule has 0 amide bonds.